The highest BCUT2D eigenvalue weighted by molar-refractivity contribution is 4.85. The number of likely N-dealkylation sites (tertiary alicyclic amines) is 1. The van der Waals surface area contributed by atoms with Crippen LogP contribution in [0.2, 0.25) is 0 Å². The van der Waals surface area contributed by atoms with Crippen LogP contribution < -0.4 is 5.73 Å². The minimum atomic E-state index is 0.370. The Morgan fingerprint density at radius 2 is 2.00 bits per heavy atom. The van der Waals surface area contributed by atoms with E-state index in [1.54, 1.807) is 7.11 Å². The van der Waals surface area contributed by atoms with Crippen LogP contribution in [0.5, 0.6) is 0 Å². The molecular formula is C11H24N2O. The van der Waals surface area contributed by atoms with Gasteiger partial charge >= 0.3 is 0 Å². The van der Waals surface area contributed by atoms with Crippen LogP contribution in [0.25, 0.3) is 0 Å². The molecule has 14 heavy (non-hydrogen) atoms. The summed E-state index contributed by atoms with van der Waals surface area (Å²) in [6.07, 6.45) is 3.59. The van der Waals surface area contributed by atoms with Gasteiger partial charge in [0.15, 0.2) is 0 Å². The van der Waals surface area contributed by atoms with Crippen LogP contribution in [0.3, 0.4) is 0 Å². The van der Waals surface area contributed by atoms with Gasteiger partial charge in [-0.3, -0.25) is 0 Å². The SMILES string of the molecule is CCN1CCC(CCN)(COC)CC1. The fourth-order valence-corrected chi connectivity index (χ4v) is 2.42. The molecule has 84 valence electrons. The van der Waals surface area contributed by atoms with Gasteiger partial charge in [-0.1, -0.05) is 6.92 Å². The van der Waals surface area contributed by atoms with Crippen molar-refractivity contribution in [1.29, 1.82) is 0 Å². The number of piperidine rings is 1. The first kappa shape index (κ1) is 12.0. The number of ether oxygens (including phenoxy) is 1. The summed E-state index contributed by atoms with van der Waals surface area (Å²) < 4.78 is 5.33. The quantitative estimate of drug-likeness (QED) is 0.722. The third-order valence-electron chi connectivity index (χ3n) is 3.49. The van der Waals surface area contributed by atoms with Crippen LogP contribution >= 0.6 is 0 Å². The van der Waals surface area contributed by atoms with Crippen LogP contribution in [-0.2, 0) is 4.74 Å². The number of hydrogen-bond acceptors (Lipinski definition) is 3. The van der Waals surface area contributed by atoms with Crippen molar-refractivity contribution in [3.8, 4) is 0 Å². The topological polar surface area (TPSA) is 38.5 Å². The van der Waals surface area contributed by atoms with E-state index in [1.807, 2.05) is 0 Å². The van der Waals surface area contributed by atoms with Crippen LogP contribution in [0.15, 0.2) is 0 Å². The molecule has 0 aromatic heterocycles. The Kier molecular flexibility index (Phi) is 4.85. The summed E-state index contributed by atoms with van der Waals surface area (Å²) in [4.78, 5) is 2.50. The first-order chi connectivity index (χ1) is 6.76. The zero-order valence-electron chi connectivity index (χ0n) is 9.59. The van der Waals surface area contributed by atoms with Gasteiger partial charge in [-0.25, -0.2) is 0 Å². The minimum Gasteiger partial charge on any atom is -0.384 e. The van der Waals surface area contributed by atoms with E-state index in [0.29, 0.717) is 5.41 Å². The Morgan fingerprint density at radius 1 is 1.36 bits per heavy atom. The molecule has 0 amide bonds. The Balaban J connectivity index is 2.45. The fraction of sp³-hybridized carbons (Fsp3) is 1.00. The zero-order chi connectivity index (χ0) is 10.4. The van der Waals surface area contributed by atoms with Gasteiger partial charge in [0.05, 0.1) is 6.61 Å². The normalized spacial score (nSPS) is 22.5. The van der Waals surface area contributed by atoms with Crippen LogP contribution in [0.4, 0.5) is 0 Å². The monoisotopic (exact) mass is 200 g/mol. The Morgan fingerprint density at radius 3 is 2.43 bits per heavy atom. The molecule has 0 bridgehead atoms. The van der Waals surface area contributed by atoms with Crippen LogP contribution in [-0.4, -0.2) is 44.8 Å². The van der Waals surface area contributed by atoms with Crippen molar-refractivity contribution in [2.45, 2.75) is 26.2 Å². The third-order valence-corrected chi connectivity index (χ3v) is 3.49. The first-order valence-corrected chi connectivity index (χ1v) is 5.68. The number of nitrogens with zero attached hydrogens (tertiary/aromatic N) is 1. The summed E-state index contributed by atoms with van der Waals surface area (Å²) in [6, 6.07) is 0. The van der Waals surface area contributed by atoms with Gasteiger partial charge < -0.3 is 15.4 Å². The van der Waals surface area contributed by atoms with Gasteiger partial charge in [0, 0.05) is 7.11 Å². The number of methoxy groups -OCH3 is 1. The van der Waals surface area contributed by atoms with Crippen LogP contribution in [0.1, 0.15) is 26.2 Å². The number of nitrogens with two attached hydrogens (primary N) is 1. The van der Waals surface area contributed by atoms with Crippen molar-refractivity contribution in [3.63, 3.8) is 0 Å². The average molecular weight is 200 g/mol. The lowest BCUT2D eigenvalue weighted by Gasteiger charge is -2.41. The zero-order valence-corrected chi connectivity index (χ0v) is 9.59. The fourth-order valence-electron chi connectivity index (χ4n) is 2.42. The van der Waals surface area contributed by atoms with Gasteiger partial charge in [0.25, 0.3) is 0 Å². The summed E-state index contributed by atoms with van der Waals surface area (Å²) in [5.41, 5.74) is 6.04. The largest absolute Gasteiger partial charge is 0.384 e. The maximum Gasteiger partial charge on any atom is 0.0520 e. The van der Waals surface area contributed by atoms with Gasteiger partial charge in [0.2, 0.25) is 0 Å². The Labute approximate surface area is 87.6 Å². The molecule has 1 aliphatic heterocycles. The van der Waals surface area contributed by atoms with Gasteiger partial charge in [-0.05, 0) is 50.9 Å². The van der Waals surface area contributed by atoms with E-state index in [9.17, 15) is 0 Å². The van der Waals surface area contributed by atoms with Crippen molar-refractivity contribution in [2.75, 3.05) is 39.9 Å². The second-order valence-corrected chi connectivity index (χ2v) is 4.41. The third kappa shape index (κ3) is 2.94. The second-order valence-electron chi connectivity index (χ2n) is 4.41. The lowest BCUT2D eigenvalue weighted by atomic mass is 9.76. The molecule has 0 aromatic rings. The lowest BCUT2D eigenvalue weighted by Crippen LogP contribution is -2.43. The van der Waals surface area contributed by atoms with E-state index in [-0.39, 0.29) is 0 Å². The van der Waals surface area contributed by atoms with Gasteiger partial charge in [-0.15, -0.1) is 0 Å². The van der Waals surface area contributed by atoms with E-state index in [0.717, 1.165) is 19.6 Å². The maximum atomic E-state index is 5.67. The van der Waals surface area contributed by atoms with Gasteiger partial charge in [0.1, 0.15) is 0 Å². The minimum absolute atomic E-state index is 0.370. The molecule has 2 N–H and O–H groups in total. The predicted octanol–water partition coefficient (Wildman–Crippen LogP) is 1.08. The molecule has 3 nitrogen and oxygen atoms in total. The standard InChI is InChI=1S/C11H24N2O/c1-3-13-8-5-11(4-7-12,6-9-13)10-14-2/h3-10,12H2,1-2H3. The molecule has 0 atom stereocenters. The van der Waals surface area contributed by atoms with Gasteiger partial charge in [-0.2, -0.15) is 0 Å². The van der Waals surface area contributed by atoms with Crippen LogP contribution in [0, 0.1) is 5.41 Å². The molecule has 1 aliphatic rings. The molecule has 0 spiro atoms. The molecule has 0 aromatic carbocycles. The molecule has 0 aliphatic carbocycles. The molecule has 0 radical (unpaired) electrons. The van der Waals surface area contributed by atoms with E-state index in [4.69, 9.17) is 10.5 Å². The second kappa shape index (κ2) is 5.69. The average Bonchev–Trinajstić information content (AvgIpc) is 2.20. The smallest absolute Gasteiger partial charge is 0.0520 e. The summed E-state index contributed by atoms with van der Waals surface area (Å²) in [6.45, 7) is 7.48. The number of hydrogen-bond donors (Lipinski definition) is 1. The molecule has 0 saturated carbocycles. The van der Waals surface area contributed by atoms with E-state index >= 15 is 0 Å². The van der Waals surface area contributed by atoms with Crippen molar-refractivity contribution in [1.82, 2.24) is 4.90 Å². The first-order valence-electron chi connectivity index (χ1n) is 5.68. The molecule has 1 heterocycles. The van der Waals surface area contributed by atoms with Crippen molar-refractivity contribution >= 4 is 0 Å². The highest BCUT2D eigenvalue weighted by atomic mass is 16.5. The Hall–Kier alpha value is -0.120. The molecular weight excluding hydrogens is 176 g/mol. The van der Waals surface area contributed by atoms with E-state index in [2.05, 4.69) is 11.8 Å². The summed E-state index contributed by atoms with van der Waals surface area (Å²) in [5, 5.41) is 0. The summed E-state index contributed by atoms with van der Waals surface area (Å²) >= 11 is 0. The van der Waals surface area contributed by atoms with Crippen molar-refractivity contribution < 1.29 is 4.74 Å². The van der Waals surface area contributed by atoms with E-state index in [1.165, 1.54) is 32.5 Å². The molecule has 1 rings (SSSR count). The highest BCUT2D eigenvalue weighted by Gasteiger charge is 2.33. The maximum absolute atomic E-state index is 5.67. The van der Waals surface area contributed by atoms with Crippen molar-refractivity contribution in [2.24, 2.45) is 11.1 Å². The lowest BCUT2D eigenvalue weighted by molar-refractivity contribution is 0.0184. The highest BCUT2D eigenvalue weighted by Crippen LogP contribution is 2.34. The molecule has 3 heteroatoms. The molecule has 1 saturated heterocycles. The summed E-state index contributed by atoms with van der Waals surface area (Å²) in [7, 11) is 1.80. The molecule has 1 fully saturated rings. The Bertz CT molecular complexity index is 145. The summed E-state index contributed by atoms with van der Waals surface area (Å²) in [5.74, 6) is 0. The van der Waals surface area contributed by atoms with Crippen molar-refractivity contribution in [3.05, 3.63) is 0 Å². The molecule has 0 unspecified atom stereocenters. The number of rotatable bonds is 5. The van der Waals surface area contributed by atoms with E-state index < -0.39 is 0 Å². The predicted molar refractivity (Wildman–Crippen MR) is 59.3 cm³/mol.